The maximum absolute atomic E-state index is 10.8. The number of ether oxygens (including phenoxy) is 1. The number of nitro benzene ring substituents is 1. The number of nitrogens with zero attached hydrogens (tertiary/aromatic N) is 4. The van der Waals surface area contributed by atoms with Crippen LogP contribution in [0.1, 0.15) is 11.3 Å². The Kier molecular flexibility index (Phi) is 3.96. The van der Waals surface area contributed by atoms with Crippen molar-refractivity contribution in [1.82, 2.24) is 15.0 Å². The number of halogens is 1. The van der Waals surface area contributed by atoms with Crippen LogP contribution in [0.2, 0.25) is 0 Å². The zero-order chi connectivity index (χ0) is 13.8. The van der Waals surface area contributed by atoms with E-state index in [-0.39, 0.29) is 11.6 Å². The number of methoxy groups -OCH3 is 1. The lowest BCUT2D eigenvalue weighted by Gasteiger charge is -2.07. The molecule has 0 N–H and O–H groups in total. The van der Waals surface area contributed by atoms with Gasteiger partial charge in [-0.2, -0.15) is 0 Å². The number of rotatable bonds is 5. The van der Waals surface area contributed by atoms with Crippen LogP contribution in [-0.4, -0.2) is 27.0 Å². The van der Waals surface area contributed by atoms with Crippen LogP contribution in [0.5, 0.6) is 5.75 Å². The molecule has 7 nitrogen and oxygen atoms in total. The summed E-state index contributed by atoms with van der Waals surface area (Å²) in [6.45, 7) is 0.328. The maximum atomic E-state index is 10.8. The molecule has 100 valence electrons. The zero-order valence-electron chi connectivity index (χ0n) is 10.1. The molecule has 0 unspecified atom stereocenters. The van der Waals surface area contributed by atoms with E-state index in [4.69, 9.17) is 16.3 Å². The highest BCUT2D eigenvalue weighted by Crippen LogP contribution is 2.24. The Balaban J connectivity index is 2.31. The van der Waals surface area contributed by atoms with Crippen molar-refractivity contribution in [2.75, 3.05) is 7.11 Å². The van der Waals surface area contributed by atoms with Crippen molar-refractivity contribution in [3.63, 3.8) is 0 Å². The number of nitro groups is 1. The molecule has 2 rings (SSSR count). The van der Waals surface area contributed by atoms with Crippen LogP contribution < -0.4 is 4.74 Å². The second kappa shape index (κ2) is 5.66. The van der Waals surface area contributed by atoms with Crippen molar-refractivity contribution >= 4 is 17.3 Å². The van der Waals surface area contributed by atoms with E-state index in [9.17, 15) is 10.1 Å². The lowest BCUT2D eigenvalue weighted by atomic mass is 10.2. The average molecular weight is 283 g/mol. The summed E-state index contributed by atoms with van der Waals surface area (Å²) in [5.41, 5.74) is 1.31. The van der Waals surface area contributed by atoms with Gasteiger partial charge in [0, 0.05) is 17.7 Å². The van der Waals surface area contributed by atoms with Gasteiger partial charge in [0.2, 0.25) is 0 Å². The van der Waals surface area contributed by atoms with Crippen molar-refractivity contribution in [1.29, 1.82) is 0 Å². The maximum Gasteiger partial charge on any atom is 0.270 e. The average Bonchev–Trinajstić information content (AvgIpc) is 2.86. The Morgan fingerprint density at radius 1 is 1.53 bits per heavy atom. The minimum absolute atomic E-state index is 0.00785. The third-order valence-electron chi connectivity index (χ3n) is 2.53. The molecule has 0 radical (unpaired) electrons. The Morgan fingerprint density at radius 2 is 2.32 bits per heavy atom. The van der Waals surface area contributed by atoms with E-state index in [1.807, 2.05) is 0 Å². The molecule has 0 spiro atoms. The molecule has 0 aliphatic heterocycles. The van der Waals surface area contributed by atoms with Gasteiger partial charge in [-0.15, -0.1) is 16.7 Å². The van der Waals surface area contributed by atoms with Crippen molar-refractivity contribution in [2.45, 2.75) is 12.4 Å². The van der Waals surface area contributed by atoms with Gasteiger partial charge in [-0.3, -0.25) is 10.1 Å². The summed E-state index contributed by atoms with van der Waals surface area (Å²) >= 11 is 5.64. The van der Waals surface area contributed by atoms with Gasteiger partial charge in [0.1, 0.15) is 5.75 Å². The lowest BCUT2D eigenvalue weighted by molar-refractivity contribution is -0.384. The molecule has 0 saturated carbocycles. The minimum Gasteiger partial charge on any atom is -0.496 e. The summed E-state index contributed by atoms with van der Waals surface area (Å²) in [4.78, 5) is 10.3. The Morgan fingerprint density at radius 3 is 2.89 bits per heavy atom. The smallest absolute Gasteiger partial charge is 0.270 e. The number of benzene rings is 1. The van der Waals surface area contributed by atoms with Crippen LogP contribution in [-0.2, 0) is 12.4 Å². The predicted molar refractivity (Wildman–Crippen MR) is 68.3 cm³/mol. The zero-order valence-corrected chi connectivity index (χ0v) is 10.9. The van der Waals surface area contributed by atoms with Crippen molar-refractivity contribution < 1.29 is 9.66 Å². The molecule has 0 bridgehead atoms. The van der Waals surface area contributed by atoms with E-state index in [1.54, 1.807) is 16.9 Å². The molecule has 1 aromatic heterocycles. The quantitative estimate of drug-likeness (QED) is 0.476. The molecule has 0 aliphatic carbocycles. The standard InChI is InChI=1S/C11H11ClN4O3/c1-19-11-3-2-10(16(17)18)4-8(11)6-15-7-9(5-12)13-14-15/h2-4,7H,5-6H2,1H3. The van der Waals surface area contributed by atoms with Crippen LogP contribution >= 0.6 is 11.6 Å². The van der Waals surface area contributed by atoms with Crippen LogP contribution in [0.15, 0.2) is 24.4 Å². The first-order valence-electron chi connectivity index (χ1n) is 5.40. The SMILES string of the molecule is COc1ccc([N+](=O)[O-])cc1Cn1cc(CCl)nn1. The monoisotopic (exact) mass is 282 g/mol. The summed E-state index contributed by atoms with van der Waals surface area (Å²) in [5.74, 6) is 0.833. The van der Waals surface area contributed by atoms with Gasteiger partial charge in [-0.05, 0) is 6.07 Å². The molecule has 0 atom stereocenters. The molecule has 0 fully saturated rings. The van der Waals surface area contributed by atoms with Crippen molar-refractivity contribution in [3.8, 4) is 5.75 Å². The molecular weight excluding hydrogens is 272 g/mol. The van der Waals surface area contributed by atoms with E-state index in [0.717, 1.165) is 0 Å². The molecule has 1 aromatic carbocycles. The number of hydrogen-bond donors (Lipinski definition) is 0. The van der Waals surface area contributed by atoms with E-state index < -0.39 is 4.92 Å². The number of alkyl halides is 1. The fourth-order valence-corrected chi connectivity index (χ4v) is 1.78. The van der Waals surface area contributed by atoms with Crippen LogP contribution in [0, 0.1) is 10.1 Å². The van der Waals surface area contributed by atoms with E-state index in [2.05, 4.69) is 10.3 Å². The van der Waals surface area contributed by atoms with Crippen LogP contribution in [0.4, 0.5) is 5.69 Å². The van der Waals surface area contributed by atoms with Gasteiger partial charge < -0.3 is 4.74 Å². The molecule has 19 heavy (non-hydrogen) atoms. The number of hydrogen-bond acceptors (Lipinski definition) is 5. The molecule has 0 amide bonds. The minimum atomic E-state index is -0.450. The third kappa shape index (κ3) is 3.00. The molecule has 8 heteroatoms. The fourth-order valence-electron chi connectivity index (χ4n) is 1.65. The first-order chi connectivity index (χ1) is 9.13. The van der Waals surface area contributed by atoms with E-state index in [1.165, 1.54) is 19.2 Å². The summed E-state index contributed by atoms with van der Waals surface area (Å²) in [6.07, 6.45) is 1.69. The molecule has 2 aromatic rings. The second-order valence-electron chi connectivity index (χ2n) is 3.79. The highest BCUT2D eigenvalue weighted by Gasteiger charge is 2.12. The highest BCUT2D eigenvalue weighted by atomic mass is 35.5. The van der Waals surface area contributed by atoms with Gasteiger partial charge in [0.15, 0.2) is 0 Å². The summed E-state index contributed by atoms with van der Waals surface area (Å²) < 4.78 is 6.73. The predicted octanol–water partition coefficient (Wildman–Crippen LogP) is 1.98. The second-order valence-corrected chi connectivity index (χ2v) is 4.06. The summed E-state index contributed by atoms with van der Waals surface area (Å²) in [5, 5.41) is 18.5. The number of non-ortho nitro benzene ring substituents is 1. The van der Waals surface area contributed by atoms with Crippen molar-refractivity contribution in [2.24, 2.45) is 0 Å². The van der Waals surface area contributed by atoms with Crippen molar-refractivity contribution in [3.05, 3.63) is 45.8 Å². The third-order valence-corrected chi connectivity index (χ3v) is 2.80. The molecular formula is C11H11ClN4O3. The van der Waals surface area contributed by atoms with Gasteiger partial charge in [-0.25, -0.2) is 4.68 Å². The van der Waals surface area contributed by atoms with Gasteiger partial charge in [0.25, 0.3) is 5.69 Å². The first-order valence-corrected chi connectivity index (χ1v) is 5.93. The summed E-state index contributed by atoms with van der Waals surface area (Å²) in [7, 11) is 1.51. The Hall–Kier alpha value is -2.15. The van der Waals surface area contributed by atoms with Crippen LogP contribution in [0.3, 0.4) is 0 Å². The largest absolute Gasteiger partial charge is 0.496 e. The van der Waals surface area contributed by atoms with E-state index >= 15 is 0 Å². The Bertz CT molecular complexity index is 599. The van der Waals surface area contributed by atoms with Gasteiger partial charge in [-0.1, -0.05) is 5.21 Å². The topological polar surface area (TPSA) is 83.1 Å². The van der Waals surface area contributed by atoms with Crippen LogP contribution in [0.25, 0.3) is 0 Å². The highest BCUT2D eigenvalue weighted by molar-refractivity contribution is 6.16. The molecule has 0 aliphatic rings. The fraction of sp³-hybridized carbons (Fsp3) is 0.273. The Labute approximate surface area is 113 Å². The molecule has 1 heterocycles. The van der Waals surface area contributed by atoms with Gasteiger partial charge >= 0.3 is 0 Å². The summed E-state index contributed by atoms with van der Waals surface area (Å²) in [6, 6.07) is 4.42. The van der Waals surface area contributed by atoms with E-state index in [0.29, 0.717) is 23.6 Å². The number of aromatic nitrogens is 3. The lowest BCUT2D eigenvalue weighted by Crippen LogP contribution is -2.03. The first kappa shape index (κ1) is 13.3. The van der Waals surface area contributed by atoms with Gasteiger partial charge in [0.05, 0.1) is 36.3 Å². The molecule has 0 saturated heterocycles. The normalized spacial score (nSPS) is 10.4.